The molecule has 1 heterocycles. The molecule has 0 radical (unpaired) electrons. The zero-order chi connectivity index (χ0) is 18.9. The van der Waals surface area contributed by atoms with Crippen molar-refractivity contribution in [3.05, 3.63) is 46.5 Å². The summed E-state index contributed by atoms with van der Waals surface area (Å²) in [6.07, 6.45) is 1.39. The van der Waals surface area contributed by atoms with Crippen LogP contribution in [0.15, 0.2) is 30.6 Å². The van der Waals surface area contributed by atoms with Gasteiger partial charge in [0.25, 0.3) is 0 Å². The lowest BCUT2D eigenvalue weighted by Gasteiger charge is -2.21. The Labute approximate surface area is 148 Å². The predicted molar refractivity (Wildman–Crippen MR) is 91.0 cm³/mol. The Bertz CT molecular complexity index is 840. The first-order chi connectivity index (χ1) is 12.6. The van der Waals surface area contributed by atoms with Gasteiger partial charge in [0.15, 0.2) is 0 Å². The second kappa shape index (κ2) is 8.89. The van der Waals surface area contributed by atoms with Crippen LogP contribution in [0.3, 0.4) is 0 Å². The van der Waals surface area contributed by atoms with E-state index in [-0.39, 0.29) is 43.3 Å². The first-order valence-electron chi connectivity index (χ1n) is 7.57. The number of nitro groups is 1. The molecule has 1 aromatic carbocycles. The molecule has 0 saturated carbocycles. The van der Waals surface area contributed by atoms with Crippen LogP contribution in [0.5, 0.6) is 0 Å². The molecule has 2 aromatic rings. The third kappa shape index (κ3) is 4.61. The number of hydrogen-bond donors (Lipinski definition) is 1. The molecule has 0 spiro atoms. The molecule has 0 fully saturated rings. The number of benzene rings is 1. The summed E-state index contributed by atoms with van der Waals surface area (Å²) in [5, 5.41) is 32.0. The highest BCUT2D eigenvalue weighted by atomic mass is 19.1. The van der Waals surface area contributed by atoms with E-state index < -0.39 is 10.7 Å². The molecule has 0 amide bonds. The SMILES string of the molecule is N#CCCN(CCC#N)c1ncnc(Nc2ccc(F)cc2)c1[N+](=O)[O-]. The molecule has 0 aliphatic heterocycles. The third-order valence-electron chi connectivity index (χ3n) is 3.38. The van der Waals surface area contributed by atoms with Gasteiger partial charge in [-0.1, -0.05) is 0 Å². The maximum atomic E-state index is 13.0. The minimum absolute atomic E-state index is 0.0140. The Morgan fingerprint density at radius 2 is 1.77 bits per heavy atom. The number of aromatic nitrogens is 2. The molecule has 0 unspecified atom stereocenters. The smallest absolute Gasteiger partial charge is 0.349 e. The summed E-state index contributed by atoms with van der Waals surface area (Å²) in [4.78, 5) is 20.4. The van der Waals surface area contributed by atoms with E-state index in [1.807, 2.05) is 12.1 Å². The monoisotopic (exact) mass is 355 g/mol. The molecule has 132 valence electrons. The van der Waals surface area contributed by atoms with Crippen LogP contribution in [0.4, 0.5) is 27.4 Å². The van der Waals surface area contributed by atoms with E-state index >= 15 is 0 Å². The fourth-order valence-corrected chi connectivity index (χ4v) is 2.22. The summed E-state index contributed by atoms with van der Waals surface area (Å²) in [6, 6.07) is 9.19. The molecule has 1 aromatic heterocycles. The Balaban J connectivity index is 2.42. The fraction of sp³-hybridized carbons (Fsp3) is 0.250. The van der Waals surface area contributed by atoms with Gasteiger partial charge in [-0.2, -0.15) is 10.5 Å². The highest BCUT2D eigenvalue weighted by Crippen LogP contribution is 2.33. The van der Waals surface area contributed by atoms with E-state index in [0.717, 1.165) is 6.33 Å². The number of nitrogens with zero attached hydrogens (tertiary/aromatic N) is 6. The molecule has 1 N–H and O–H groups in total. The van der Waals surface area contributed by atoms with Crippen LogP contribution >= 0.6 is 0 Å². The van der Waals surface area contributed by atoms with Crippen molar-refractivity contribution in [2.24, 2.45) is 0 Å². The molecule has 10 heteroatoms. The van der Waals surface area contributed by atoms with Gasteiger partial charge in [-0.05, 0) is 24.3 Å². The highest BCUT2D eigenvalue weighted by molar-refractivity contribution is 5.74. The molecule has 0 aliphatic carbocycles. The third-order valence-corrected chi connectivity index (χ3v) is 3.38. The number of halogens is 1. The maximum Gasteiger partial charge on any atom is 0.353 e. The Kier molecular flexibility index (Phi) is 6.34. The molecule has 0 saturated heterocycles. The van der Waals surface area contributed by atoms with Crippen LogP contribution in [-0.2, 0) is 0 Å². The molecular weight excluding hydrogens is 341 g/mol. The van der Waals surface area contributed by atoms with Gasteiger partial charge in [0.05, 0.1) is 29.9 Å². The van der Waals surface area contributed by atoms with Gasteiger partial charge >= 0.3 is 5.69 Å². The van der Waals surface area contributed by atoms with Crippen molar-refractivity contribution in [1.82, 2.24) is 9.97 Å². The van der Waals surface area contributed by atoms with E-state index in [2.05, 4.69) is 15.3 Å². The first-order valence-corrected chi connectivity index (χ1v) is 7.57. The van der Waals surface area contributed by atoms with Gasteiger partial charge in [0.2, 0.25) is 11.6 Å². The predicted octanol–water partition coefficient (Wildman–Crippen LogP) is 2.90. The summed E-state index contributed by atoms with van der Waals surface area (Å²) >= 11 is 0. The van der Waals surface area contributed by atoms with Crippen molar-refractivity contribution in [1.29, 1.82) is 10.5 Å². The molecular formula is C16H14FN7O2. The Hall–Kier alpha value is -3.79. The van der Waals surface area contributed by atoms with Crippen LogP contribution in [0, 0.1) is 38.6 Å². The minimum Gasteiger partial charge on any atom is -0.349 e. The lowest BCUT2D eigenvalue weighted by atomic mass is 10.3. The van der Waals surface area contributed by atoms with Crippen molar-refractivity contribution in [2.75, 3.05) is 23.3 Å². The molecule has 9 nitrogen and oxygen atoms in total. The topological polar surface area (TPSA) is 132 Å². The lowest BCUT2D eigenvalue weighted by Crippen LogP contribution is -2.27. The number of anilines is 3. The minimum atomic E-state index is -0.632. The zero-order valence-corrected chi connectivity index (χ0v) is 13.6. The van der Waals surface area contributed by atoms with Crippen molar-refractivity contribution in [3.63, 3.8) is 0 Å². The average molecular weight is 355 g/mol. The van der Waals surface area contributed by atoms with Gasteiger partial charge in [-0.25, -0.2) is 14.4 Å². The van der Waals surface area contributed by atoms with Gasteiger partial charge in [0, 0.05) is 18.8 Å². The fourth-order valence-electron chi connectivity index (χ4n) is 2.22. The quantitative estimate of drug-likeness (QED) is 0.564. The standard InChI is InChI=1S/C16H14FN7O2/c17-12-3-5-13(6-4-12)22-15-14(24(25)26)16(21-11-20-15)23(9-1-7-18)10-2-8-19/h3-6,11H,1-2,9-10H2,(H,20,21,22). The number of hydrogen-bond acceptors (Lipinski definition) is 8. The van der Waals surface area contributed by atoms with Crippen LogP contribution in [-0.4, -0.2) is 28.0 Å². The first kappa shape index (κ1) is 18.5. The normalized spacial score (nSPS) is 9.81. The molecule has 0 bridgehead atoms. The van der Waals surface area contributed by atoms with Gasteiger partial charge in [-0.3, -0.25) is 10.1 Å². The summed E-state index contributed by atoms with van der Waals surface area (Å²) in [6.45, 7) is 0.373. The second-order valence-corrected chi connectivity index (χ2v) is 5.09. The van der Waals surface area contributed by atoms with E-state index in [1.165, 1.54) is 29.2 Å². The van der Waals surface area contributed by atoms with Crippen molar-refractivity contribution < 1.29 is 9.31 Å². The number of nitriles is 2. The van der Waals surface area contributed by atoms with Crippen molar-refractivity contribution in [2.45, 2.75) is 12.8 Å². The molecule has 0 atom stereocenters. The maximum absolute atomic E-state index is 13.0. The Morgan fingerprint density at radius 3 is 2.31 bits per heavy atom. The van der Waals surface area contributed by atoms with Crippen molar-refractivity contribution in [3.8, 4) is 12.1 Å². The van der Waals surface area contributed by atoms with Crippen LogP contribution < -0.4 is 10.2 Å². The van der Waals surface area contributed by atoms with Gasteiger partial charge < -0.3 is 10.2 Å². The summed E-state index contributed by atoms with van der Waals surface area (Å²) in [5.41, 5.74) is 0.0347. The van der Waals surface area contributed by atoms with Crippen molar-refractivity contribution >= 4 is 23.0 Å². The van der Waals surface area contributed by atoms with Crippen LogP contribution in [0.25, 0.3) is 0 Å². The van der Waals surface area contributed by atoms with E-state index in [9.17, 15) is 14.5 Å². The van der Waals surface area contributed by atoms with Crippen LogP contribution in [0.1, 0.15) is 12.8 Å². The average Bonchev–Trinajstić information content (AvgIpc) is 2.63. The molecule has 26 heavy (non-hydrogen) atoms. The molecule has 0 aliphatic rings. The largest absolute Gasteiger partial charge is 0.353 e. The summed E-state index contributed by atoms with van der Waals surface area (Å²) in [5.74, 6) is -0.488. The molecule has 2 rings (SSSR count). The summed E-state index contributed by atoms with van der Waals surface area (Å²) < 4.78 is 13.0. The lowest BCUT2D eigenvalue weighted by molar-refractivity contribution is -0.383. The van der Waals surface area contributed by atoms with Gasteiger partial charge in [0.1, 0.15) is 12.1 Å². The highest BCUT2D eigenvalue weighted by Gasteiger charge is 2.27. The van der Waals surface area contributed by atoms with E-state index in [0.29, 0.717) is 5.69 Å². The van der Waals surface area contributed by atoms with Crippen LogP contribution in [0.2, 0.25) is 0 Å². The van der Waals surface area contributed by atoms with E-state index in [1.54, 1.807) is 0 Å². The number of nitrogens with one attached hydrogen (secondary N) is 1. The number of rotatable bonds is 8. The van der Waals surface area contributed by atoms with E-state index in [4.69, 9.17) is 10.5 Å². The Morgan fingerprint density at radius 1 is 1.15 bits per heavy atom. The zero-order valence-electron chi connectivity index (χ0n) is 13.6. The second-order valence-electron chi connectivity index (χ2n) is 5.09. The summed E-state index contributed by atoms with van der Waals surface area (Å²) in [7, 11) is 0. The van der Waals surface area contributed by atoms with Gasteiger partial charge in [-0.15, -0.1) is 0 Å².